The van der Waals surface area contributed by atoms with Crippen LogP contribution in [0.3, 0.4) is 0 Å². The van der Waals surface area contributed by atoms with E-state index in [0.717, 1.165) is 11.5 Å². The molecule has 0 aliphatic rings. The minimum Gasteiger partial charge on any atom is -0.207 e. The first-order valence-corrected chi connectivity index (χ1v) is 27.3. The smallest absolute Gasteiger partial charge is 0.192 e. The molecule has 0 saturated heterocycles. The molecule has 0 spiro atoms. The van der Waals surface area contributed by atoms with Gasteiger partial charge in [-0.05, 0) is 0 Å². The van der Waals surface area contributed by atoms with Crippen LogP contribution < -0.4 is 44.7 Å². The Bertz CT molecular complexity index is 2860. The van der Waals surface area contributed by atoms with Crippen LogP contribution in [0.4, 0.5) is 52.7 Å². The molecule has 0 radical (unpaired) electrons. The van der Waals surface area contributed by atoms with E-state index in [1.54, 1.807) is 0 Å². The van der Waals surface area contributed by atoms with Crippen molar-refractivity contribution in [1.29, 1.82) is 0 Å². The SMILES string of the molecule is CCOCCOc1ccccc1[Se+](c1ccccc1)c1ccccc1OCCOCC.Fc1c(F)c(Cl)c(Cl)c([B-](c2c(F)c(F)c(F)c(Cl)c2Cl)(c2c(F)c(F)c(F)c(Cl)c2Cl)c2c(F)c(F)c(F)c(Cl)c2Cl)c1F. The molecule has 0 atom stereocenters. The van der Waals surface area contributed by atoms with Crippen molar-refractivity contribution in [3.63, 3.8) is 0 Å². The Morgan fingerprint density at radius 3 is 0.908 bits per heavy atom. The molecule has 0 saturated carbocycles. The summed E-state index contributed by atoms with van der Waals surface area (Å²) in [6, 6.07) is 27.4. The fourth-order valence-electron chi connectivity index (χ4n) is 7.99. The van der Waals surface area contributed by atoms with Gasteiger partial charge < -0.3 is 0 Å². The van der Waals surface area contributed by atoms with Crippen LogP contribution in [0.5, 0.6) is 11.5 Å². The first-order valence-electron chi connectivity index (χ1n) is 21.7. The Balaban J connectivity index is 0.000000264. The normalized spacial score (nSPS) is 11.6. The molecular formula is C50H31BCl8F12O4Se. The third-order valence-corrected chi connectivity index (χ3v) is 19.4. The standard InChI is InChI=1S/C26H31O4Se.C24BCl8F12/c1-3-27-18-20-29-23-14-8-10-16-25(23)31(22-12-6-5-7-13-22)26-17-11-9-15-24(26)30-21-19-28-4-2;26-5-1(13(34)21(42)17(38)9(5)30)25(2-6(27)10(31)18(39)22(43)14(2)35,3-7(28)11(32)19(40)23(44)15(3)36)4-8(29)12(33)20(41)24(45)16(4)37/h5-17H,3-4,18-21H2,1-2H3;/q+1;-1. The second-order valence-electron chi connectivity index (χ2n) is 15.4. The van der Waals surface area contributed by atoms with Gasteiger partial charge in [0.15, 0.2) is 46.5 Å². The van der Waals surface area contributed by atoms with Crippen molar-refractivity contribution < 1.29 is 71.6 Å². The van der Waals surface area contributed by atoms with Crippen LogP contribution in [0.15, 0.2) is 78.9 Å². The molecule has 7 rings (SSSR count). The van der Waals surface area contributed by atoms with Gasteiger partial charge in [0.1, 0.15) is 29.4 Å². The number of para-hydroxylation sites is 2. The van der Waals surface area contributed by atoms with E-state index in [0.29, 0.717) is 39.6 Å². The second-order valence-corrected chi connectivity index (χ2v) is 22.5. The second kappa shape index (κ2) is 26.4. The monoisotopic (exact) mass is 1290 g/mol. The van der Waals surface area contributed by atoms with Gasteiger partial charge in [-0.1, -0.05) is 92.8 Å². The van der Waals surface area contributed by atoms with Gasteiger partial charge in [0.05, 0.1) is 20.1 Å². The van der Waals surface area contributed by atoms with Crippen molar-refractivity contribution in [1.82, 2.24) is 0 Å². The van der Waals surface area contributed by atoms with Gasteiger partial charge in [-0.2, -0.15) is 0 Å². The quantitative estimate of drug-likeness (QED) is 0.0299. The Morgan fingerprint density at radius 2 is 0.618 bits per heavy atom. The van der Waals surface area contributed by atoms with E-state index in [1.165, 1.54) is 13.4 Å². The van der Waals surface area contributed by atoms with E-state index in [2.05, 4.69) is 66.7 Å². The molecule has 0 bridgehead atoms. The number of halogens is 20. The van der Waals surface area contributed by atoms with Gasteiger partial charge in [-0.3, -0.25) is 0 Å². The number of rotatable bonds is 17. The van der Waals surface area contributed by atoms with Gasteiger partial charge in [0, 0.05) is 20.1 Å². The van der Waals surface area contributed by atoms with Crippen molar-refractivity contribution in [2.45, 2.75) is 13.8 Å². The van der Waals surface area contributed by atoms with Crippen molar-refractivity contribution in [3.8, 4) is 11.5 Å². The predicted octanol–water partition coefficient (Wildman–Crippen LogP) is 13.0. The third-order valence-electron chi connectivity index (χ3n) is 11.2. The molecule has 0 fully saturated rings. The predicted molar refractivity (Wildman–Crippen MR) is 278 cm³/mol. The van der Waals surface area contributed by atoms with E-state index in [-0.39, 0.29) is 0 Å². The summed E-state index contributed by atoms with van der Waals surface area (Å²) in [5.41, 5.74) is -8.47. The topological polar surface area (TPSA) is 36.9 Å². The fraction of sp³-hybridized carbons (Fsp3) is 0.160. The largest absolute Gasteiger partial charge is 0.207 e. The maximum atomic E-state index is 16.0. The number of benzene rings is 7. The van der Waals surface area contributed by atoms with Crippen LogP contribution in [0.1, 0.15) is 13.8 Å². The summed E-state index contributed by atoms with van der Waals surface area (Å²) >= 11 is 45.0. The fourth-order valence-corrected chi connectivity index (χ4v) is 14.8. The molecule has 4 nitrogen and oxygen atoms in total. The first-order chi connectivity index (χ1) is 36.0. The van der Waals surface area contributed by atoms with E-state index in [9.17, 15) is 17.6 Å². The van der Waals surface area contributed by atoms with Crippen LogP contribution >= 0.6 is 92.8 Å². The summed E-state index contributed by atoms with van der Waals surface area (Å²) in [5.74, 6) is -29.4. The van der Waals surface area contributed by atoms with Gasteiger partial charge in [-0.15, -0.1) is 21.9 Å². The van der Waals surface area contributed by atoms with Crippen LogP contribution in [-0.2, 0) is 9.47 Å². The van der Waals surface area contributed by atoms with Gasteiger partial charge >= 0.3 is 190 Å². The molecule has 404 valence electrons. The summed E-state index contributed by atoms with van der Waals surface area (Å²) in [7, 11) is 0. The number of hydrogen-bond acceptors (Lipinski definition) is 4. The molecule has 0 unspecified atom stereocenters. The molecule has 7 aromatic carbocycles. The molecule has 0 aliphatic carbocycles. The molecule has 0 amide bonds. The van der Waals surface area contributed by atoms with Crippen molar-refractivity contribution in [2.24, 2.45) is 0 Å². The summed E-state index contributed by atoms with van der Waals surface area (Å²) in [5, 5.41) is -13.9. The van der Waals surface area contributed by atoms with Gasteiger partial charge in [0.25, 0.3) is 0 Å². The molecule has 76 heavy (non-hydrogen) atoms. The van der Waals surface area contributed by atoms with E-state index in [4.69, 9.17) is 112 Å². The van der Waals surface area contributed by atoms with Crippen LogP contribution in [-0.4, -0.2) is 59.7 Å². The van der Waals surface area contributed by atoms with Crippen molar-refractivity contribution in [3.05, 3.63) is 189 Å². The Morgan fingerprint density at radius 1 is 0.342 bits per heavy atom. The molecule has 0 aromatic heterocycles. The minimum atomic E-state index is -5.62. The molecule has 0 aliphatic heterocycles. The van der Waals surface area contributed by atoms with E-state index < -0.39 is 152 Å². The maximum Gasteiger partial charge on any atom is 0.192 e. The van der Waals surface area contributed by atoms with E-state index in [1.807, 2.05) is 26.0 Å². The summed E-state index contributed by atoms with van der Waals surface area (Å²) < 4.78 is 209. The van der Waals surface area contributed by atoms with E-state index >= 15 is 35.1 Å². The molecule has 0 N–H and O–H groups in total. The Hall–Kier alpha value is -3.88. The number of ether oxygens (including phenoxy) is 4. The maximum absolute atomic E-state index is 16.0. The zero-order chi connectivity index (χ0) is 56.1. The molecule has 0 heterocycles. The zero-order valence-corrected chi connectivity index (χ0v) is 46.2. The summed E-state index contributed by atoms with van der Waals surface area (Å²) in [6.07, 6.45) is -5.62. The number of hydrogen-bond donors (Lipinski definition) is 0. The third kappa shape index (κ3) is 11.6. The average molecular weight is 1300 g/mol. The van der Waals surface area contributed by atoms with Gasteiger partial charge in [-0.25, -0.2) is 52.7 Å². The van der Waals surface area contributed by atoms with Crippen molar-refractivity contribution in [2.75, 3.05) is 39.6 Å². The molecule has 7 aromatic rings. The van der Waals surface area contributed by atoms with Crippen LogP contribution in [0.25, 0.3) is 0 Å². The molecular weight excluding hydrogens is 1270 g/mol. The average Bonchev–Trinajstić information content (AvgIpc) is 3.45. The van der Waals surface area contributed by atoms with Crippen LogP contribution in [0, 0.1) is 69.8 Å². The zero-order valence-electron chi connectivity index (χ0n) is 38.4. The molecule has 26 heteroatoms. The van der Waals surface area contributed by atoms with Gasteiger partial charge in [0.2, 0.25) is 0 Å². The Labute approximate surface area is 470 Å². The minimum absolute atomic E-state index is 0.533. The Kier molecular flexibility index (Phi) is 21.3. The van der Waals surface area contributed by atoms with Crippen LogP contribution in [0.2, 0.25) is 40.2 Å². The summed E-state index contributed by atoms with van der Waals surface area (Å²) in [6.45, 7) is 7.60. The van der Waals surface area contributed by atoms with Crippen molar-refractivity contribution >= 4 is 148 Å². The first kappa shape index (κ1) is 61.3. The summed E-state index contributed by atoms with van der Waals surface area (Å²) in [4.78, 5) is 0.